The fraction of sp³-hybridized carbons (Fsp3) is 0.333. The van der Waals surface area contributed by atoms with Gasteiger partial charge in [0.2, 0.25) is 0 Å². The third-order valence-corrected chi connectivity index (χ3v) is 4.46. The second-order valence-corrected chi connectivity index (χ2v) is 6.22. The summed E-state index contributed by atoms with van der Waals surface area (Å²) >= 11 is 0. The Morgan fingerprint density at radius 2 is 1.92 bits per heavy atom. The molecule has 0 radical (unpaired) electrons. The SMILES string of the molecule is CN(C)C(=O)[C@@]1(c2cnccn2)CCCN1C(=O)c1ccc(F)cc1. The predicted octanol–water partition coefficient (Wildman–Crippen LogP) is 1.84. The highest BCUT2D eigenvalue weighted by Crippen LogP contribution is 2.40. The van der Waals surface area contributed by atoms with E-state index in [4.69, 9.17) is 0 Å². The van der Waals surface area contributed by atoms with Gasteiger partial charge in [-0.25, -0.2) is 4.39 Å². The zero-order chi connectivity index (χ0) is 18.0. The molecule has 1 saturated heterocycles. The van der Waals surface area contributed by atoms with Gasteiger partial charge in [0.05, 0.1) is 11.9 Å². The standard InChI is InChI=1S/C18H19FN4O2/c1-22(2)17(25)18(15-12-20-9-10-21-15)8-3-11-23(18)16(24)13-4-6-14(19)7-5-13/h4-7,9-10,12H,3,8,11H2,1-2H3/t18-/m0/s1. The molecule has 1 fully saturated rings. The quantitative estimate of drug-likeness (QED) is 0.854. The van der Waals surface area contributed by atoms with Crippen LogP contribution in [0.4, 0.5) is 4.39 Å². The second kappa shape index (κ2) is 6.58. The molecule has 0 unspecified atom stereocenters. The molecule has 1 aromatic heterocycles. The average Bonchev–Trinajstić information content (AvgIpc) is 3.07. The Bertz CT molecular complexity index is 779. The molecule has 3 rings (SSSR count). The lowest BCUT2D eigenvalue weighted by atomic mass is 9.89. The number of hydrogen-bond donors (Lipinski definition) is 0. The summed E-state index contributed by atoms with van der Waals surface area (Å²) < 4.78 is 13.2. The molecule has 2 aromatic rings. The van der Waals surface area contributed by atoms with Crippen LogP contribution in [0, 0.1) is 5.82 Å². The Kier molecular flexibility index (Phi) is 4.48. The molecule has 7 heteroatoms. The van der Waals surface area contributed by atoms with Crippen LogP contribution in [0.5, 0.6) is 0 Å². The van der Waals surface area contributed by atoms with Crippen molar-refractivity contribution in [3.63, 3.8) is 0 Å². The van der Waals surface area contributed by atoms with Crippen LogP contribution in [0.15, 0.2) is 42.9 Å². The maximum absolute atomic E-state index is 13.2. The summed E-state index contributed by atoms with van der Waals surface area (Å²) in [5.74, 6) is -0.957. The predicted molar refractivity (Wildman–Crippen MR) is 89.1 cm³/mol. The lowest BCUT2D eigenvalue weighted by Gasteiger charge is -2.38. The molecule has 130 valence electrons. The van der Waals surface area contributed by atoms with E-state index in [2.05, 4.69) is 9.97 Å². The second-order valence-electron chi connectivity index (χ2n) is 6.22. The van der Waals surface area contributed by atoms with Gasteiger partial charge in [-0.05, 0) is 37.1 Å². The largest absolute Gasteiger partial charge is 0.346 e. The van der Waals surface area contributed by atoms with E-state index in [-0.39, 0.29) is 11.8 Å². The van der Waals surface area contributed by atoms with E-state index in [1.165, 1.54) is 52.7 Å². The van der Waals surface area contributed by atoms with Crippen LogP contribution in [0.25, 0.3) is 0 Å². The fourth-order valence-corrected chi connectivity index (χ4v) is 3.32. The summed E-state index contributed by atoms with van der Waals surface area (Å²) in [6.45, 7) is 0.423. The number of aromatic nitrogens is 2. The number of carbonyl (C=O) groups is 2. The first-order valence-electron chi connectivity index (χ1n) is 8.02. The van der Waals surface area contributed by atoms with E-state index < -0.39 is 11.4 Å². The molecule has 1 aromatic carbocycles. The van der Waals surface area contributed by atoms with Crippen molar-refractivity contribution in [2.45, 2.75) is 18.4 Å². The summed E-state index contributed by atoms with van der Waals surface area (Å²) in [6.07, 6.45) is 5.70. The Morgan fingerprint density at radius 1 is 1.20 bits per heavy atom. The van der Waals surface area contributed by atoms with Crippen molar-refractivity contribution < 1.29 is 14.0 Å². The zero-order valence-corrected chi connectivity index (χ0v) is 14.1. The van der Waals surface area contributed by atoms with Gasteiger partial charge >= 0.3 is 0 Å². The van der Waals surface area contributed by atoms with Crippen LogP contribution in [0.2, 0.25) is 0 Å². The highest BCUT2D eigenvalue weighted by molar-refractivity contribution is 5.99. The number of hydrogen-bond acceptors (Lipinski definition) is 4. The average molecular weight is 342 g/mol. The van der Waals surface area contributed by atoms with Gasteiger partial charge in [0.25, 0.3) is 11.8 Å². The van der Waals surface area contributed by atoms with Gasteiger partial charge in [0, 0.05) is 38.6 Å². The fourth-order valence-electron chi connectivity index (χ4n) is 3.32. The van der Waals surface area contributed by atoms with Gasteiger partial charge in [0.15, 0.2) is 5.54 Å². The van der Waals surface area contributed by atoms with Crippen molar-refractivity contribution in [2.24, 2.45) is 0 Å². The Balaban J connectivity index is 2.09. The first kappa shape index (κ1) is 17.0. The van der Waals surface area contributed by atoms with Crippen molar-refractivity contribution in [3.8, 4) is 0 Å². The lowest BCUT2D eigenvalue weighted by Crippen LogP contribution is -2.55. The van der Waals surface area contributed by atoms with Gasteiger partial charge in [0.1, 0.15) is 5.82 Å². The van der Waals surface area contributed by atoms with Crippen LogP contribution in [0.1, 0.15) is 28.9 Å². The third-order valence-electron chi connectivity index (χ3n) is 4.46. The van der Waals surface area contributed by atoms with Crippen molar-refractivity contribution in [1.82, 2.24) is 19.8 Å². The number of benzene rings is 1. The Morgan fingerprint density at radius 3 is 2.52 bits per heavy atom. The van der Waals surface area contributed by atoms with E-state index in [1.54, 1.807) is 14.1 Å². The molecule has 0 bridgehead atoms. The lowest BCUT2D eigenvalue weighted by molar-refractivity contribution is -0.140. The van der Waals surface area contributed by atoms with E-state index in [9.17, 15) is 14.0 Å². The highest BCUT2D eigenvalue weighted by Gasteiger charge is 2.53. The van der Waals surface area contributed by atoms with E-state index >= 15 is 0 Å². The Hall–Kier alpha value is -2.83. The maximum Gasteiger partial charge on any atom is 0.255 e. The number of likely N-dealkylation sites (tertiary alicyclic amines) is 1. The summed E-state index contributed by atoms with van der Waals surface area (Å²) in [5.41, 5.74) is -0.409. The molecule has 25 heavy (non-hydrogen) atoms. The molecular weight excluding hydrogens is 323 g/mol. The topological polar surface area (TPSA) is 66.4 Å². The third kappa shape index (κ3) is 2.86. The van der Waals surface area contributed by atoms with Crippen LogP contribution >= 0.6 is 0 Å². The first-order chi connectivity index (χ1) is 12.0. The number of nitrogens with zero attached hydrogens (tertiary/aromatic N) is 4. The van der Waals surface area contributed by atoms with Crippen molar-refractivity contribution in [3.05, 3.63) is 59.9 Å². The molecule has 6 nitrogen and oxygen atoms in total. The normalized spacial score (nSPS) is 19.7. The number of carbonyl (C=O) groups excluding carboxylic acids is 2. The van der Waals surface area contributed by atoms with Gasteiger partial charge in [-0.2, -0.15) is 0 Å². The van der Waals surface area contributed by atoms with Crippen molar-refractivity contribution >= 4 is 11.8 Å². The van der Waals surface area contributed by atoms with Crippen LogP contribution in [-0.4, -0.2) is 52.2 Å². The van der Waals surface area contributed by atoms with Crippen LogP contribution < -0.4 is 0 Å². The van der Waals surface area contributed by atoms with Gasteiger partial charge in [-0.15, -0.1) is 0 Å². The minimum absolute atomic E-state index is 0.221. The van der Waals surface area contributed by atoms with Gasteiger partial charge in [-0.3, -0.25) is 19.6 Å². The molecule has 0 N–H and O–H groups in total. The summed E-state index contributed by atoms with van der Waals surface area (Å²) in [4.78, 5) is 37.5. The van der Waals surface area contributed by atoms with Crippen LogP contribution in [-0.2, 0) is 10.3 Å². The van der Waals surface area contributed by atoms with Crippen LogP contribution in [0.3, 0.4) is 0 Å². The molecule has 0 aliphatic carbocycles. The minimum Gasteiger partial charge on any atom is -0.346 e. The van der Waals surface area contributed by atoms with E-state index in [1.807, 2.05) is 0 Å². The molecule has 0 saturated carbocycles. The number of likely N-dealkylation sites (N-methyl/N-ethyl adjacent to an activating group) is 1. The molecular formula is C18H19FN4O2. The van der Waals surface area contributed by atoms with Crippen molar-refractivity contribution in [1.29, 1.82) is 0 Å². The van der Waals surface area contributed by atoms with Gasteiger partial charge in [-0.1, -0.05) is 0 Å². The summed E-state index contributed by atoms with van der Waals surface area (Å²) in [7, 11) is 3.30. The molecule has 1 aliphatic heterocycles. The summed E-state index contributed by atoms with van der Waals surface area (Å²) in [5, 5.41) is 0. The Labute approximate surface area is 145 Å². The molecule has 1 aliphatic rings. The molecule has 0 spiro atoms. The first-order valence-corrected chi connectivity index (χ1v) is 8.02. The monoisotopic (exact) mass is 342 g/mol. The van der Waals surface area contributed by atoms with Gasteiger partial charge < -0.3 is 9.80 Å². The smallest absolute Gasteiger partial charge is 0.255 e. The number of amides is 2. The highest BCUT2D eigenvalue weighted by atomic mass is 19.1. The summed E-state index contributed by atoms with van der Waals surface area (Å²) in [6, 6.07) is 5.33. The van der Waals surface area contributed by atoms with E-state index in [0.717, 1.165) is 0 Å². The molecule has 2 heterocycles. The zero-order valence-electron chi connectivity index (χ0n) is 14.1. The van der Waals surface area contributed by atoms with E-state index in [0.29, 0.717) is 30.6 Å². The number of rotatable bonds is 3. The molecule has 2 amide bonds. The molecule has 1 atom stereocenters. The maximum atomic E-state index is 13.2. The minimum atomic E-state index is -1.19. The van der Waals surface area contributed by atoms with Crippen molar-refractivity contribution in [2.75, 3.05) is 20.6 Å². The number of halogens is 1.